The van der Waals surface area contributed by atoms with Crippen LogP contribution in [0.1, 0.15) is 0 Å². The first-order valence-electron chi connectivity index (χ1n) is 4.54. The van der Waals surface area contributed by atoms with Gasteiger partial charge in [0.05, 0.1) is 20.6 Å². The predicted octanol–water partition coefficient (Wildman–Crippen LogP) is 4.99. The maximum absolute atomic E-state index is 6.10. The summed E-state index contributed by atoms with van der Waals surface area (Å²) in [6.07, 6.45) is 0. The van der Waals surface area contributed by atoms with Crippen molar-refractivity contribution in [1.82, 2.24) is 9.97 Å². The number of hydrogen-bond acceptors (Lipinski definition) is 3. The predicted molar refractivity (Wildman–Crippen MR) is 76.9 cm³/mol. The summed E-state index contributed by atoms with van der Waals surface area (Å²) >= 11 is 30.1. The molecule has 1 aromatic carbocycles. The second kappa shape index (κ2) is 5.27. The third kappa shape index (κ3) is 2.46. The van der Waals surface area contributed by atoms with Gasteiger partial charge in [0, 0.05) is 5.56 Å². The van der Waals surface area contributed by atoms with E-state index in [1.165, 1.54) is 0 Å². The summed E-state index contributed by atoms with van der Waals surface area (Å²) in [6.45, 7) is 0. The second-order valence-electron chi connectivity index (χ2n) is 3.26. The van der Waals surface area contributed by atoms with E-state index in [9.17, 15) is 0 Å². The van der Waals surface area contributed by atoms with Gasteiger partial charge in [-0.2, -0.15) is 0 Å². The standard InChI is InChI=1S/C10H4Cl5N3/c11-3-1-2-4(12)7(13)5(3)6-8(14)17-10(16)18-9(6)15/h1-2H,(H2,16,17,18). The van der Waals surface area contributed by atoms with Crippen molar-refractivity contribution < 1.29 is 0 Å². The Balaban J connectivity index is 2.81. The van der Waals surface area contributed by atoms with E-state index in [0.717, 1.165) is 0 Å². The molecule has 0 bridgehead atoms. The molecule has 8 heteroatoms. The highest BCUT2D eigenvalue weighted by atomic mass is 35.5. The third-order valence-corrected chi connectivity index (χ3v) is 3.80. The molecule has 0 saturated carbocycles. The first-order chi connectivity index (χ1) is 8.41. The molecule has 2 aromatic rings. The van der Waals surface area contributed by atoms with Crippen molar-refractivity contribution in [3.05, 3.63) is 37.5 Å². The molecule has 0 aliphatic rings. The fourth-order valence-corrected chi connectivity index (χ4v) is 2.69. The summed E-state index contributed by atoms with van der Waals surface area (Å²) in [7, 11) is 0. The number of anilines is 1. The molecule has 0 saturated heterocycles. The Bertz CT molecular complexity index is 606. The van der Waals surface area contributed by atoms with Crippen molar-refractivity contribution in [1.29, 1.82) is 0 Å². The minimum absolute atomic E-state index is 0.0389. The van der Waals surface area contributed by atoms with Gasteiger partial charge in [-0.15, -0.1) is 0 Å². The van der Waals surface area contributed by atoms with Crippen molar-refractivity contribution in [3.8, 4) is 11.1 Å². The lowest BCUT2D eigenvalue weighted by Crippen LogP contribution is -1.98. The van der Waals surface area contributed by atoms with Crippen LogP contribution in [0.15, 0.2) is 12.1 Å². The third-order valence-electron chi connectivity index (χ3n) is 2.13. The van der Waals surface area contributed by atoms with Crippen LogP contribution in [-0.2, 0) is 0 Å². The average molecular weight is 343 g/mol. The Morgan fingerprint density at radius 1 is 0.778 bits per heavy atom. The van der Waals surface area contributed by atoms with Gasteiger partial charge in [-0.05, 0) is 12.1 Å². The molecule has 1 aromatic heterocycles. The van der Waals surface area contributed by atoms with Crippen molar-refractivity contribution in [2.24, 2.45) is 0 Å². The lowest BCUT2D eigenvalue weighted by molar-refractivity contribution is 1.19. The van der Waals surface area contributed by atoms with Crippen LogP contribution in [0.4, 0.5) is 5.95 Å². The molecular formula is C10H4Cl5N3. The van der Waals surface area contributed by atoms with Crippen LogP contribution in [0.2, 0.25) is 25.4 Å². The molecule has 18 heavy (non-hydrogen) atoms. The number of nitrogen functional groups attached to an aromatic ring is 1. The quantitative estimate of drug-likeness (QED) is 0.586. The zero-order chi connectivity index (χ0) is 13.4. The van der Waals surface area contributed by atoms with Crippen molar-refractivity contribution in [2.45, 2.75) is 0 Å². The van der Waals surface area contributed by atoms with Gasteiger partial charge < -0.3 is 5.73 Å². The highest BCUT2D eigenvalue weighted by Crippen LogP contribution is 2.43. The van der Waals surface area contributed by atoms with Gasteiger partial charge in [0.1, 0.15) is 10.3 Å². The van der Waals surface area contributed by atoms with Gasteiger partial charge in [0.2, 0.25) is 5.95 Å². The molecule has 0 amide bonds. The molecule has 1 heterocycles. The van der Waals surface area contributed by atoms with E-state index >= 15 is 0 Å². The topological polar surface area (TPSA) is 51.8 Å². The first kappa shape index (κ1) is 14.0. The van der Waals surface area contributed by atoms with Crippen LogP contribution in [0.5, 0.6) is 0 Å². The van der Waals surface area contributed by atoms with Gasteiger partial charge in [-0.1, -0.05) is 58.0 Å². The number of hydrogen-bond donors (Lipinski definition) is 1. The maximum atomic E-state index is 6.10. The number of aromatic nitrogens is 2. The fourth-order valence-electron chi connectivity index (χ4n) is 1.39. The molecule has 94 valence electrons. The highest BCUT2D eigenvalue weighted by molar-refractivity contribution is 6.47. The molecule has 2 rings (SSSR count). The minimum Gasteiger partial charge on any atom is -0.368 e. The molecule has 0 atom stereocenters. The van der Waals surface area contributed by atoms with E-state index in [0.29, 0.717) is 21.2 Å². The largest absolute Gasteiger partial charge is 0.368 e. The van der Waals surface area contributed by atoms with Crippen LogP contribution in [0, 0.1) is 0 Å². The number of halogens is 5. The summed E-state index contributed by atoms with van der Waals surface area (Å²) in [4.78, 5) is 7.62. The van der Waals surface area contributed by atoms with Crippen LogP contribution < -0.4 is 5.73 Å². The van der Waals surface area contributed by atoms with E-state index in [4.69, 9.17) is 63.7 Å². The van der Waals surface area contributed by atoms with Crippen LogP contribution in [0.25, 0.3) is 11.1 Å². The van der Waals surface area contributed by atoms with Gasteiger partial charge >= 0.3 is 0 Å². The van der Waals surface area contributed by atoms with Crippen LogP contribution >= 0.6 is 58.0 Å². The Morgan fingerprint density at radius 2 is 1.28 bits per heavy atom. The van der Waals surface area contributed by atoms with Crippen molar-refractivity contribution in [2.75, 3.05) is 5.73 Å². The lowest BCUT2D eigenvalue weighted by atomic mass is 10.1. The molecule has 0 spiro atoms. The van der Waals surface area contributed by atoms with Crippen molar-refractivity contribution in [3.63, 3.8) is 0 Å². The normalized spacial score (nSPS) is 10.7. The van der Waals surface area contributed by atoms with E-state index in [1.807, 2.05) is 0 Å². The number of nitrogens with two attached hydrogens (primary N) is 1. The maximum Gasteiger partial charge on any atom is 0.222 e. The molecule has 2 N–H and O–H groups in total. The Labute approximate surface area is 128 Å². The molecule has 0 aliphatic heterocycles. The van der Waals surface area contributed by atoms with Crippen molar-refractivity contribution >= 4 is 64.0 Å². The summed E-state index contributed by atoms with van der Waals surface area (Å²) in [5.74, 6) is -0.0389. The summed E-state index contributed by atoms with van der Waals surface area (Å²) in [5.41, 5.74) is 6.10. The monoisotopic (exact) mass is 341 g/mol. The smallest absolute Gasteiger partial charge is 0.222 e. The zero-order valence-electron chi connectivity index (χ0n) is 8.52. The molecule has 0 aliphatic carbocycles. The molecule has 0 fully saturated rings. The van der Waals surface area contributed by atoms with Gasteiger partial charge in [0.25, 0.3) is 0 Å². The Hall–Kier alpha value is -0.450. The first-order valence-corrected chi connectivity index (χ1v) is 6.43. The fraction of sp³-hybridized carbons (Fsp3) is 0. The van der Waals surface area contributed by atoms with Gasteiger partial charge in [0.15, 0.2) is 0 Å². The summed E-state index contributed by atoms with van der Waals surface area (Å²) in [6, 6.07) is 3.14. The Kier molecular flexibility index (Phi) is 4.09. The zero-order valence-corrected chi connectivity index (χ0v) is 12.3. The van der Waals surface area contributed by atoms with Gasteiger partial charge in [-0.3, -0.25) is 0 Å². The SMILES string of the molecule is Nc1nc(Cl)c(-c2c(Cl)ccc(Cl)c2Cl)c(Cl)n1. The number of benzene rings is 1. The molecule has 0 unspecified atom stereocenters. The Morgan fingerprint density at radius 3 is 1.83 bits per heavy atom. The molecule has 0 radical (unpaired) electrons. The van der Waals surface area contributed by atoms with E-state index < -0.39 is 0 Å². The summed E-state index contributed by atoms with van der Waals surface area (Å²) in [5, 5.41) is 0.986. The average Bonchev–Trinajstić information content (AvgIpc) is 2.27. The number of rotatable bonds is 1. The van der Waals surface area contributed by atoms with Gasteiger partial charge in [-0.25, -0.2) is 9.97 Å². The lowest BCUT2D eigenvalue weighted by Gasteiger charge is -2.11. The second-order valence-corrected chi connectivity index (χ2v) is 5.17. The molecular weight excluding hydrogens is 339 g/mol. The van der Waals surface area contributed by atoms with Crippen LogP contribution in [-0.4, -0.2) is 9.97 Å². The highest BCUT2D eigenvalue weighted by Gasteiger charge is 2.20. The van der Waals surface area contributed by atoms with E-state index in [2.05, 4.69) is 9.97 Å². The summed E-state index contributed by atoms with van der Waals surface area (Å²) < 4.78 is 0. The number of nitrogens with zero attached hydrogens (tertiary/aromatic N) is 2. The molecule has 3 nitrogen and oxygen atoms in total. The van der Waals surface area contributed by atoms with Crippen LogP contribution in [0.3, 0.4) is 0 Å². The van der Waals surface area contributed by atoms with E-state index in [1.54, 1.807) is 12.1 Å². The minimum atomic E-state index is -0.0389. The van der Waals surface area contributed by atoms with E-state index in [-0.39, 0.29) is 21.3 Å².